The third kappa shape index (κ3) is 8.33. The Bertz CT molecular complexity index is 1190. The van der Waals surface area contributed by atoms with E-state index in [4.69, 9.17) is 15.9 Å². The van der Waals surface area contributed by atoms with Crippen LogP contribution in [0.5, 0.6) is 0 Å². The van der Waals surface area contributed by atoms with E-state index < -0.39 is 48.5 Å². The van der Waals surface area contributed by atoms with Crippen LogP contribution in [0, 0.1) is 46.3 Å². The molecule has 8 N–H and O–H groups in total. The number of fused-ring (bicyclic) bond motifs is 5. The van der Waals surface area contributed by atoms with Gasteiger partial charge < -0.3 is 36.8 Å². The standard InChI is InChI=1S/C34H55N3O9S/c1-18(4-11-30(43)47-17-26(31(44)36-16-29(41)42)37-28(40)10-9-25(35)32(45)46)22-7-8-23-21-6-5-19-14-20(38)12-13-33(19,2)24(21)15-27(39)34(22,23)3/h18-27,38-39H,4-17,35H2,1-3H3,(H,36,44)(H,37,40)(H,41,42)(H,45,46)/t18-,19-,20-,21?,22-,23?,24?,25?,26?,27+,33+,34-/m1/s1. The maximum absolute atomic E-state index is 13.0. The number of amides is 2. The van der Waals surface area contributed by atoms with Crippen molar-refractivity contribution in [1.82, 2.24) is 10.6 Å². The molecule has 13 heteroatoms. The molecule has 0 radical (unpaired) electrons. The van der Waals surface area contributed by atoms with Crippen molar-refractivity contribution in [1.29, 1.82) is 0 Å². The van der Waals surface area contributed by atoms with Crippen LogP contribution in [-0.2, 0) is 24.0 Å². The van der Waals surface area contributed by atoms with Crippen LogP contribution in [0.4, 0.5) is 0 Å². The SMILES string of the molecule is C[C@H](CCC(=O)SCC(NC(=O)CCC(N)C(=O)O)C(=O)NCC(=O)O)[C@H]1CCC2C3CC[C@@H]4C[C@H](O)CC[C@]4(C)C3C[C@H](O)[C@@]21C. The van der Waals surface area contributed by atoms with Crippen LogP contribution in [0.2, 0.25) is 0 Å². The maximum Gasteiger partial charge on any atom is 0.322 e. The van der Waals surface area contributed by atoms with Crippen molar-refractivity contribution in [2.75, 3.05) is 12.3 Å². The molecule has 0 aliphatic heterocycles. The fourth-order valence-electron chi connectivity index (χ4n) is 10.1. The predicted molar refractivity (Wildman–Crippen MR) is 176 cm³/mol. The van der Waals surface area contributed by atoms with Crippen molar-refractivity contribution in [3.05, 3.63) is 0 Å². The number of hydrogen-bond acceptors (Lipinski definition) is 9. The summed E-state index contributed by atoms with van der Waals surface area (Å²) in [6, 6.07) is -2.42. The van der Waals surface area contributed by atoms with Crippen LogP contribution in [-0.4, -0.2) is 85.9 Å². The minimum absolute atomic E-state index is 0.100. The Kier molecular flexibility index (Phi) is 12.4. The molecule has 4 aliphatic rings. The molecule has 4 rings (SSSR count). The first-order valence-corrected chi connectivity index (χ1v) is 18.3. The third-order valence-electron chi connectivity index (χ3n) is 12.8. The molecule has 0 aromatic heterocycles. The van der Waals surface area contributed by atoms with Crippen molar-refractivity contribution in [2.24, 2.45) is 52.1 Å². The Balaban J connectivity index is 1.32. The highest BCUT2D eigenvalue weighted by atomic mass is 32.2. The van der Waals surface area contributed by atoms with E-state index in [-0.39, 0.29) is 58.9 Å². The minimum atomic E-state index is -1.26. The smallest absolute Gasteiger partial charge is 0.322 e. The fourth-order valence-corrected chi connectivity index (χ4v) is 11.0. The Morgan fingerprint density at radius 1 is 0.936 bits per heavy atom. The van der Waals surface area contributed by atoms with Gasteiger partial charge in [0.15, 0.2) is 5.12 Å². The van der Waals surface area contributed by atoms with E-state index in [9.17, 15) is 34.2 Å². The van der Waals surface area contributed by atoms with Gasteiger partial charge >= 0.3 is 11.9 Å². The second kappa shape index (κ2) is 15.6. The molecule has 0 bridgehead atoms. The summed E-state index contributed by atoms with van der Waals surface area (Å²) in [6.45, 7) is 6.20. The molecule has 0 aromatic carbocycles. The van der Waals surface area contributed by atoms with Gasteiger partial charge in [-0.1, -0.05) is 32.5 Å². The lowest BCUT2D eigenvalue weighted by atomic mass is 9.43. The average Bonchev–Trinajstić information content (AvgIpc) is 3.38. The number of aliphatic hydroxyl groups is 2. The number of rotatable bonds is 14. The van der Waals surface area contributed by atoms with Crippen molar-refractivity contribution >= 4 is 40.6 Å². The van der Waals surface area contributed by atoms with Gasteiger partial charge in [-0.15, -0.1) is 0 Å². The molecule has 47 heavy (non-hydrogen) atoms. The number of aliphatic carboxylic acids is 2. The van der Waals surface area contributed by atoms with E-state index in [1.807, 2.05) is 0 Å². The van der Waals surface area contributed by atoms with E-state index in [1.54, 1.807) is 0 Å². The van der Waals surface area contributed by atoms with E-state index in [1.165, 1.54) is 0 Å². The normalized spacial score (nSPS) is 36.5. The summed E-state index contributed by atoms with van der Waals surface area (Å²) in [5, 5.41) is 44.6. The Morgan fingerprint density at radius 2 is 1.66 bits per heavy atom. The number of hydrogen-bond donors (Lipinski definition) is 7. The number of nitrogens with two attached hydrogens (primary N) is 1. The molecule has 0 spiro atoms. The predicted octanol–water partition coefficient (Wildman–Crippen LogP) is 2.53. The third-order valence-corrected chi connectivity index (χ3v) is 13.8. The van der Waals surface area contributed by atoms with Gasteiger partial charge in [0.2, 0.25) is 11.8 Å². The largest absolute Gasteiger partial charge is 0.480 e. The van der Waals surface area contributed by atoms with Gasteiger partial charge in [-0.25, -0.2) is 0 Å². The van der Waals surface area contributed by atoms with Gasteiger partial charge in [-0.05, 0) is 111 Å². The monoisotopic (exact) mass is 681 g/mol. The quantitative estimate of drug-likeness (QED) is 0.141. The molecule has 4 saturated carbocycles. The number of carboxylic acid groups (broad SMARTS) is 2. The van der Waals surface area contributed by atoms with Gasteiger partial charge in [0.1, 0.15) is 18.6 Å². The molecule has 0 saturated heterocycles. The van der Waals surface area contributed by atoms with Gasteiger partial charge in [0.05, 0.1) is 12.2 Å². The molecule has 5 unspecified atom stereocenters. The molecule has 12 nitrogen and oxygen atoms in total. The topological polar surface area (TPSA) is 216 Å². The summed E-state index contributed by atoms with van der Waals surface area (Å²) in [5.41, 5.74) is 5.42. The molecule has 0 heterocycles. The molecule has 4 fully saturated rings. The zero-order valence-corrected chi connectivity index (χ0v) is 28.8. The molecule has 0 aromatic rings. The summed E-state index contributed by atoms with van der Waals surface area (Å²) < 4.78 is 0. The lowest BCUT2D eigenvalue weighted by Gasteiger charge is -2.62. The Morgan fingerprint density at radius 3 is 2.34 bits per heavy atom. The summed E-state index contributed by atoms with van der Waals surface area (Å²) in [4.78, 5) is 59.9. The van der Waals surface area contributed by atoms with Crippen LogP contribution in [0.15, 0.2) is 0 Å². The minimum Gasteiger partial charge on any atom is -0.480 e. The maximum atomic E-state index is 13.0. The number of thioether (sulfide) groups is 1. The highest BCUT2D eigenvalue weighted by molar-refractivity contribution is 8.13. The second-order valence-electron chi connectivity index (χ2n) is 15.3. The molecular formula is C34H55N3O9S. The Labute approximate surface area is 281 Å². The number of nitrogens with one attached hydrogen (secondary N) is 2. The lowest BCUT2D eigenvalue weighted by molar-refractivity contribution is -0.174. The van der Waals surface area contributed by atoms with Crippen molar-refractivity contribution in [3.8, 4) is 0 Å². The zero-order chi connectivity index (χ0) is 34.7. The number of carboxylic acids is 2. The first kappa shape index (κ1) is 37.6. The number of aliphatic hydroxyl groups excluding tert-OH is 2. The second-order valence-corrected chi connectivity index (χ2v) is 16.4. The van der Waals surface area contributed by atoms with E-state index in [0.717, 1.165) is 63.1 Å². The van der Waals surface area contributed by atoms with Crippen LogP contribution in [0.25, 0.3) is 0 Å². The van der Waals surface area contributed by atoms with Gasteiger partial charge in [0.25, 0.3) is 0 Å². The van der Waals surface area contributed by atoms with Crippen molar-refractivity contribution in [2.45, 2.75) is 122 Å². The summed E-state index contributed by atoms with van der Waals surface area (Å²) in [7, 11) is 0. The summed E-state index contributed by atoms with van der Waals surface area (Å²) >= 11 is 0.902. The van der Waals surface area contributed by atoms with Crippen molar-refractivity contribution < 1.29 is 44.4 Å². The first-order chi connectivity index (χ1) is 22.1. The highest BCUT2D eigenvalue weighted by Crippen LogP contribution is 2.68. The highest BCUT2D eigenvalue weighted by Gasteiger charge is 2.63. The first-order valence-electron chi connectivity index (χ1n) is 17.4. The van der Waals surface area contributed by atoms with E-state index in [2.05, 4.69) is 31.4 Å². The van der Waals surface area contributed by atoms with Crippen LogP contribution in [0.1, 0.15) is 97.8 Å². The number of carbonyl (C=O) groups excluding carboxylic acids is 3. The van der Waals surface area contributed by atoms with Gasteiger partial charge in [-0.2, -0.15) is 0 Å². The fraction of sp³-hybridized carbons (Fsp3) is 0.853. The molecule has 12 atom stereocenters. The van der Waals surface area contributed by atoms with Crippen LogP contribution < -0.4 is 16.4 Å². The zero-order valence-electron chi connectivity index (χ0n) is 28.0. The van der Waals surface area contributed by atoms with E-state index in [0.29, 0.717) is 30.1 Å². The molecule has 2 amide bonds. The lowest BCUT2D eigenvalue weighted by Crippen LogP contribution is -2.58. The van der Waals surface area contributed by atoms with Crippen molar-refractivity contribution in [3.63, 3.8) is 0 Å². The van der Waals surface area contributed by atoms with Crippen LogP contribution >= 0.6 is 11.8 Å². The number of carbonyl (C=O) groups is 5. The van der Waals surface area contributed by atoms with Gasteiger partial charge in [0, 0.05) is 18.6 Å². The van der Waals surface area contributed by atoms with E-state index >= 15 is 0 Å². The molecular weight excluding hydrogens is 626 g/mol. The Hall–Kier alpha value is -2.22. The molecule has 266 valence electrons. The van der Waals surface area contributed by atoms with Gasteiger partial charge in [-0.3, -0.25) is 24.0 Å². The summed E-state index contributed by atoms with van der Waals surface area (Å²) in [6.07, 6.45) is 7.87. The summed E-state index contributed by atoms with van der Waals surface area (Å²) in [5.74, 6) is -1.49. The average molecular weight is 682 g/mol. The molecule has 4 aliphatic carbocycles. The van der Waals surface area contributed by atoms with Crippen LogP contribution in [0.3, 0.4) is 0 Å².